The van der Waals surface area contributed by atoms with Crippen molar-refractivity contribution in [2.75, 3.05) is 24.5 Å². The van der Waals surface area contributed by atoms with Crippen LogP contribution in [-0.2, 0) is 0 Å². The fourth-order valence-corrected chi connectivity index (χ4v) is 2.33. The summed E-state index contributed by atoms with van der Waals surface area (Å²) in [5, 5.41) is 10.1. The predicted molar refractivity (Wildman–Crippen MR) is 66.5 cm³/mol. The molecule has 0 amide bonds. The van der Waals surface area contributed by atoms with Gasteiger partial charge in [0.15, 0.2) is 0 Å². The third kappa shape index (κ3) is 2.36. The Labute approximate surface area is 96.9 Å². The van der Waals surface area contributed by atoms with Gasteiger partial charge in [0, 0.05) is 24.3 Å². The molecule has 3 nitrogen and oxygen atoms in total. The van der Waals surface area contributed by atoms with Gasteiger partial charge in [-0.05, 0) is 31.9 Å². The number of para-hydroxylation sites is 1. The zero-order chi connectivity index (χ0) is 11.4. The van der Waals surface area contributed by atoms with Crippen LogP contribution in [0.15, 0.2) is 24.3 Å². The molecule has 16 heavy (non-hydrogen) atoms. The molecule has 1 saturated heterocycles. The van der Waals surface area contributed by atoms with Gasteiger partial charge in [0.25, 0.3) is 0 Å². The second-order valence-electron chi connectivity index (χ2n) is 4.35. The van der Waals surface area contributed by atoms with Gasteiger partial charge in [-0.1, -0.05) is 18.2 Å². The maximum atomic E-state index is 10.1. The van der Waals surface area contributed by atoms with E-state index in [2.05, 4.69) is 11.0 Å². The first-order valence-corrected chi connectivity index (χ1v) is 6.05. The van der Waals surface area contributed by atoms with Crippen LogP contribution in [0.2, 0.25) is 0 Å². The van der Waals surface area contributed by atoms with Crippen LogP contribution in [0.4, 0.5) is 5.69 Å². The SMILES string of the molecule is NCC[C@@H](O)c1ccccc1N1CCCC1. The highest BCUT2D eigenvalue weighted by Gasteiger charge is 2.18. The first kappa shape index (κ1) is 11.4. The quantitative estimate of drug-likeness (QED) is 0.811. The van der Waals surface area contributed by atoms with Crippen LogP contribution in [0.25, 0.3) is 0 Å². The fraction of sp³-hybridized carbons (Fsp3) is 0.538. The number of anilines is 1. The molecule has 3 N–H and O–H groups in total. The summed E-state index contributed by atoms with van der Waals surface area (Å²) in [5.41, 5.74) is 7.70. The molecule has 0 aliphatic carbocycles. The average Bonchev–Trinajstić information content (AvgIpc) is 2.83. The number of rotatable bonds is 4. The fourth-order valence-electron chi connectivity index (χ4n) is 2.33. The highest BCUT2D eigenvalue weighted by molar-refractivity contribution is 5.55. The Balaban J connectivity index is 2.22. The second kappa shape index (κ2) is 5.32. The molecule has 0 unspecified atom stereocenters. The molecule has 1 heterocycles. The monoisotopic (exact) mass is 220 g/mol. The number of nitrogens with zero attached hydrogens (tertiary/aromatic N) is 1. The van der Waals surface area contributed by atoms with Crippen molar-refractivity contribution in [3.05, 3.63) is 29.8 Å². The number of hydrogen-bond acceptors (Lipinski definition) is 3. The number of aliphatic hydroxyl groups excluding tert-OH is 1. The van der Waals surface area contributed by atoms with E-state index in [1.54, 1.807) is 0 Å². The molecule has 88 valence electrons. The van der Waals surface area contributed by atoms with E-state index in [-0.39, 0.29) is 0 Å². The van der Waals surface area contributed by atoms with Crippen molar-refractivity contribution < 1.29 is 5.11 Å². The Bertz CT molecular complexity index is 334. The van der Waals surface area contributed by atoms with Crippen molar-refractivity contribution in [2.24, 2.45) is 5.73 Å². The van der Waals surface area contributed by atoms with Gasteiger partial charge < -0.3 is 15.7 Å². The van der Waals surface area contributed by atoms with Gasteiger partial charge >= 0.3 is 0 Å². The average molecular weight is 220 g/mol. The highest BCUT2D eigenvalue weighted by Crippen LogP contribution is 2.30. The molecule has 0 saturated carbocycles. The predicted octanol–water partition coefficient (Wildman–Crippen LogP) is 1.67. The van der Waals surface area contributed by atoms with E-state index in [1.807, 2.05) is 18.2 Å². The lowest BCUT2D eigenvalue weighted by Gasteiger charge is -2.23. The Morgan fingerprint density at radius 2 is 1.94 bits per heavy atom. The molecule has 0 bridgehead atoms. The standard InChI is InChI=1S/C13H20N2O/c14-8-7-13(16)11-5-1-2-6-12(11)15-9-3-4-10-15/h1-2,5-6,13,16H,3-4,7-10,14H2/t13-/m1/s1. The molecule has 2 rings (SSSR count). The molecular formula is C13H20N2O. The van der Waals surface area contributed by atoms with Crippen LogP contribution in [0.3, 0.4) is 0 Å². The molecule has 1 atom stereocenters. The van der Waals surface area contributed by atoms with Crippen molar-refractivity contribution in [1.29, 1.82) is 0 Å². The molecule has 1 aliphatic heterocycles. The topological polar surface area (TPSA) is 49.5 Å². The largest absolute Gasteiger partial charge is 0.388 e. The normalized spacial score (nSPS) is 17.8. The van der Waals surface area contributed by atoms with Crippen LogP contribution in [0.1, 0.15) is 30.9 Å². The van der Waals surface area contributed by atoms with E-state index in [1.165, 1.54) is 18.5 Å². The first-order valence-electron chi connectivity index (χ1n) is 6.05. The van der Waals surface area contributed by atoms with E-state index in [9.17, 15) is 5.11 Å². The summed E-state index contributed by atoms with van der Waals surface area (Å²) in [6.45, 7) is 2.73. The van der Waals surface area contributed by atoms with Crippen LogP contribution < -0.4 is 10.6 Å². The maximum absolute atomic E-state index is 10.1. The molecule has 1 aromatic carbocycles. The number of hydrogen-bond donors (Lipinski definition) is 2. The van der Waals surface area contributed by atoms with Crippen LogP contribution in [0, 0.1) is 0 Å². The summed E-state index contributed by atoms with van der Waals surface area (Å²) in [4.78, 5) is 2.36. The Kier molecular flexibility index (Phi) is 3.80. The van der Waals surface area contributed by atoms with E-state index >= 15 is 0 Å². The van der Waals surface area contributed by atoms with E-state index in [0.717, 1.165) is 18.7 Å². The van der Waals surface area contributed by atoms with Crippen LogP contribution in [0.5, 0.6) is 0 Å². The third-order valence-corrected chi connectivity index (χ3v) is 3.18. The minimum Gasteiger partial charge on any atom is -0.388 e. The molecule has 0 spiro atoms. The summed E-state index contributed by atoms with van der Waals surface area (Å²) in [6.07, 6.45) is 2.70. The molecule has 1 aliphatic rings. The van der Waals surface area contributed by atoms with Gasteiger partial charge in [0.1, 0.15) is 0 Å². The van der Waals surface area contributed by atoms with Crippen LogP contribution in [-0.4, -0.2) is 24.7 Å². The molecule has 0 aromatic heterocycles. The number of benzene rings is 1. The first-order chi connectivity index (χ1) is 7.83. The van der Waals surface area contributed by atoms with Crippen molar-refractivity contribution in [3.63, 3.8) is 0 Å². The maximum Gasteiger partial charge on any atom is 0.0822 e. The molecular weight excluding hydrogens is 200 g/mol. The van der Waals surface area contributed by atoms with Gasteiger partial charge in [-0.3, -0.25) is 0 Å². The van der Waals surface area contributed by atoms with E-state index < -0.39 is 6.10 Å². The highest BCUT2D eigenvalue weighted by atomic mass is 16.3. The number of aliphatic hydroxyl groups is 1. The summed E-state index contributed by atoms with van der Waals surface area (Å²) >= 11 is 0. The smallest absolute Gasteiger partial charge is 0.0822 e. The lowest BCUT2D eigenvalue weighted by Crippen LogP contribution is -2.20. The summed E-state index contributed by atoms with van der Waals surface area (Å²) in [5.74, 6) is 0. The van der Waals surface area contributed by atoms with E-state index in [4.69, 9.17) is 5.73 Å². The Morgan fingerprint density at radius 3 is 2.62 bits per heavy atom. The number of nitrogens with two attached hydrogens (primary N) is 1. The van der Waals surface area contributed by atoms with Crippen LogP contribution >= 0.6 is 0 Å². The summed E-state index contributed by atoms with van der Waals surface area (Å²) in [6, 6.07) is 8.12. The Hall–Kier alpha value is -1.06. The summed E-state index contributed by atoms with van der Waals surface area (Å²) < 4.78 is 0. The van der Waals surface area contributed by atoms with Gasteiger partial charge in [-0.2, -0.15) is 0 Å². The molecule has 1 fully saturated rings. The molecule has 0 radical (unpaired) electrons. The van der Waals surface area contributed by atoms with Crippen molar-refractivity contribution in [1.82, 2.24) is 0 Å². The Morgan fingerprint density at radius 1 is 1.25 bits per heavy atom. The third-order valence-electron chi connectivity index (χ3n) is 3.18. The zero-order valence-corrected chi connectivity index (χ0v) is 9.60. The molecule has 3 heteroatoms. The van der Waals surface area contributed by atoms with Gasteiger partial charge in [0.05, 0.1) is 6.10 Å². The van der Waals surface area contributed by atoms with Gasteiger partial charge in [-0.25, -0.2) is 0 Å². The summed E-state index contributed by atoms with van der Waals surface area (Å²) in [7, 11) is 0. The lowest BCUT2D eigenvalue weighted by molar-refractivity contribution is 0.170. The lowest BCUT2D eigenvalue weighted by atomic mass is 10.0. The minimum atomic E-state index is -0.429. The van der Waals surface area contributed by atoms with Gasteiger partial charge in [0.2, 0.25) is 0 Å². The van der Waals surface area contributed by atoms with Gasteiger partial charge in [-0.15, -0.1) is 0 Å². The second-order valence-corrected chi connectivity index (χ2v) is 4.35. The molecule has 1 aromatic rings. The minimum absolute atomic E-state index is 0.429. The van der Waals surface area contributed by atoms with Crippen molar-refractivity contribution >= 4 is 5.69 Å². The van der Waals surface area contributed by atoms with Crippen molar-refractivity contribution in [3.8, 4) is 0 Å². The van der Waals surface area contributed by atoms with Crippen molar-refractivity contribution in [2.45, 2.75) is 25.4 Å². The zero-order valence-electron chi connectivity index (χ0n) is 9.60. The van der Waals surface area contributed by atoms with E-state index in [0.29, 0.717) is 13.0 Å².